The van der Waals surface area contributed by atoms with E-state index in [1.165, 1.54) is 0 Å². The van der Waals surface area contributed by atoms with Crippen molar-refractivity contribution < 1.29 is 4.79 Å². The summed E-state index contributed by atoms with van der Waals surface area (Å²) in [6.45, 7) is 9.24. The first-order valence-electron chi connectivity index (χ1n) is 7.92. The van der Waals surface area contributed by atoms with Gasteiger partial charge in [-0.15, -0.1) is 0 Å². The standard InChI is InChI=1S/C18H25N3O/c1-15(9-10-19)20-11-13-21(14-12-20)17(22)18(2,3)16-7-5-4-6-8-16/h4-8,15H,9,11-14H2,1-3H3. The number of carbonyl (C=O) groups excluding carboxylic acids is 1. The van der Waals surface area contributed by atoms with Crippen molar-refractivity contribution in [3.8, 4) is 6.07 Å². The molecule has 118 valence electrons. The molecule has 4 heteroatoms. The number of nitrogens with zero attached hydrogens (tertiary/aromatic N) is 3. The SMILES string of the molecule is CC(CC#N)N1CCN(C(=O)C(C)(C)c2ccccc2)CC1. The van der Waals surface area contributed by atoms with Crippen LogP contribution in [-0.2, 0) is 10.2 Å². The smallest absolute Gasteiger partial charge is 0.232 e. The van der Waals surface area contributed by atoms with Crippen molar-refractivity contribution in [1.82, 2.24) is 9.80 Å². The second-order valence-electron chi connectivity index (χ2n) is 6.53. The number of carbonyl (C=O) groups is 1. The Bertz CT molecular complexity index is 539. The minimum atomic E-state index is -0.498. The first-order valence-corrected chi connectivity index (χ1v) is 7.92. The molecule has 1 heterocycles. The Morgan fingerprint density at radius 2 is 1.82 bits per heavy atom. The molecule has 0 radical (unpaired) electrons. The molecule has 1 unspecified atom stereocenters. The zero-order valence-corrected chi connectivity index (χ0v) is 13.7. The van der Waals surface area contributed by atoms with Gasteiger partial charge in [0.1, 0.15) is 0 Å². The van der Waals surface area contributed by atoms with Gasteiger partial charge in [0.15, 0.2) is 0 Å². The molecule has 1 fully saturated rings. The van der Waals surface area contributed by atoms with E-state index in [-0.39, 0.29) is 11.9 Å². The Hall–Kier alpha value is -1.86. The van der Waals surface area contributed by atoms with Gasteiger partial charge in [-0.2, -0.15) is 5.26 Å². The average Bonchev–Trinajstić information content (AvgIpc) is 2.55. The highest BCUT2D eigenvalue weighted by atomic mass is 16.2. The molecule has 0 spiro atoms. The van der Waals surface area contributed by atoms with Gasteiger partial charge >= 0.3 is 0 Å². The third kappa shape index (κ3) is 3.48. The molecule has 2 rings (SSSR count). The molecule has 1 aliphatic heterocycles. The Morgan fingerprint density at radius 3 is 2.36 bits per heavy atom. The summed E-state index contributed by atoms with van der Waals surface area (Å²) in [6, 6.07) is 12.5. The Labute approximate surface area is 133 Å². The summed E-state index contributed by atoms with van der Waals surface area (Å²) in [5.74, 6) is 0.186. The molecule has 0 saturated carbocycles. The van der Waals surface area contributed by atoms with E-state index in [2.05, 4.69) is 17.9 Å². The maximum absolute atomic E-state index is 12.9. The lowest BCUT2D eigenvalue weighted by atomic mass is 9.83. The van der Waals surface area contributed by atoms with Crippen molar-refractivity contribution in [2.75, 3.05) is 26.2 Å². The summed E-state index contributed by atoms with van der Waals surface area (Å²) < 4.78 is 0. The highest BCUT2D eigenvalue weighted by molar-refractivity contribution is 5.87. The van der Waals surface area contributed by atoms with Gasteiger partial charge in [0.2, 0.25) is 5.91 Å². The molecule has 1 atom stereocenters. The lowest BCUT2D eigenvalue weighted by molar-refractivity contribution is -0.138. The molecule has 0 bridgehead atoms. The summed E-state index contributed by atoms with van der Waals surface area (Å²) in [6.07, 6.45) is 0.545. The third-order valence-electron chi connectivity index (χ3n) is 4.64. The lowest BCUT2D eigenvalue weighted by Crippen LogP contribution is -2.54. The van der Waals surface area contributed by atoms with Crippen LogP contribution in [0.2, 0.25) is 0 Å². The van der Waals surface area contributed by atoms with Crippen LogP contribution < -0.4 is 0 Å². The molecular formula is C18H25N3O. The molecule has 4 nitrogen and oxygen atoms in total. The van der Waals surface area contributed by atoms with Crippen LogP contribution in [0.25, 0.3) is 0 Å². The molecular weight excluding hydrogens is 274 g/mol. The summed E-state index contributed by atoms with van der Waals surface area (Å²) in [4.78, 5) is 17.1. The van der Waals surface area contributed by atoms with Crippen LogP contribution in [0.1, 0.15) is 32.8 Å². The molecule has 1 aromatic carbocycles. The fourth-order valence-electron chi connectivity index (χ4n) is 3.00. The van der Waals surface area contributed by atoms with Crippen LogP contribution in [0.3, 0.4) is 0 Å². The topological polar surface area (TPSA) is 47.3 Å². The van der Waals surface area contributed by atoms with Crippen LogP contribution >= 0.6 is 0 Å². The molecule has 0 aliphatic carbocycles. The van der Waals surface area contributed by atoms with Gasteiger partial charge < -0.3 is 4.90 Å². The van der Waals surface area contributed by atoms with Gasteiger partial charge in [-0.1, -0.05) is 30.3 Å². The van der Waals surface area contributed by atoms with E-state index in [1.807, 2.05) is 49.1 Å². The monoisotopic (exact) mass is 299 g/mol. The fraction of sp³-hybridized carbons (Fsp3) is 0.556. The van der Waals surface area contributed by atoms with E-state index in [4.69, 9.17) is 5.26 Å². The summed E-state index contributed by atoms with van der Waals surface area (Å²) in [5, 5.41) is 8.80. The van der Waals surface area contributed by atoms with E-state index in [9.17, 15) is 4.79 Å². The predicted octanol–water partition coefficient (Wildman–Crippen LogP) is 2.41. The van der Waals surface area contributed by atoms with Crippen molar-refractivity contribution in [1.29, 1.82) is 5.26 Å². The predicted molar refractivity (Wildman–Crippen MR) is 87.3 cm³/mol. The number of nitriles is 1. The van der Waals surface area contributed by atoms with Crippen molar-refractivity contribution in [3.05, 3.63) is 35.9 Å². The summed E-state index contributed by atoms with van der Waals surface area (Å²) in [5.41, 5.74) is 0.557. The van der Waals surface area contributed by atoms with E-state index in [1.54, 1.807) is 0 Å². The Balaban J connectivity index is 1.99. The van der Waals surface area contributed by atoms with Crippen LogP contribution in [0.4, 0.5) is 0 Å². The normalized spacial score (nSPS) is 17.8. The number of amides is 1. The summed E-state index contributed by atoms with van der Waals surface area (Å²) >= 11 is 0. The van der Waals surface area contributed by atoms with Crippen molar-refractivity contribution in [2.24, 2.45) is 0 Å². The van der Waals surface area contributed by atoms with Crippen LogP contribution in [0.15, 0.2) is 30.3 Å². The van der Waals surface area contributed by atoms with Gasteiger partial charge in [0, 0.05) is 32.2 Å². The number of hydrogen-bond acceptors (Lipinski definition) is 3. The first kappa shape index (κ1) is 16.5. The molecule has 22 heavy (non-hydrogen) atoms. The van der Waals surface area contributed by atoms with Gasteiger partial charge in [0.25, 0.3) is 0 Å². The van der Waals surface area contributed by atoms with Crippen molar-refractivity contribution in [2.45, 2.75) is 38.6 Å². The van der Waals surface area contributed by atoms with Crippen molar-refractivity contribution >= 4 is 5.91 Å². The molecule has 1 aliphatic rings. The number of benzene rings is 1. The zero-order chi connectivity index (χ0) is 16.2. The van der Waals surface area contributed by atoms with Crippen LogP contribution in [0.5, 0.6) is 0 Å². The summed E-state index contributed by atoms with van der Waals surface area (Å²) in [7, 11) is 0. The van der Waals surface area contributed by atoms with Gasteiger partial charge in [0.05, 0.1) is 17.9 Å². The number of rotatable bonds is 4. The fourth-order valence-corrected chi connectivity index (χ4v) is 3.00. The van der Waals surface area contributed by atoms with Gasteiger partial charge in [-0.3, -0.25) is 9.69 Å². The minimum absolute atomic E-state index is 0.186. The third-order valence-corrected chi connectivity index (χ3v) is 4.64. The quantitative estimate of drug-likeness (QED) is 0.858. The van der Waals surface area contributed by atoms with Crippen LogP contribution in [-0.4, -0.2) is 47.9 Å². The maximum atomic E-state index is 12.9. The van der Waals surface area contributed by atoms with E-state index < -0.39 is 5.41 Å². The maximum Gasteiger partial charge on any atom is 0.232 e. The largest absolute Gasteiger partial charge is 0.339 e. The molecule has 0 aromatic heterocycles. The number of piperazine rings is 1. The van der Waals surface area contributed by atoms with Crippen LogP contribution in [0, 0.1) is 11.3 Å². The second-order valence-corrected chi connectivity index (χ2v) is 6.53. The Kier molecular flexibility index (Phi) is 5.20. The Morgan fingerprint density at radius 1 is 1.23 bits per heavy atom. The highest BCUT2D eigenvalue weighted by Crippen LogP contribution is 2.26. The average molecular weight is 299 g/mol. The molecule has 0 N–H and O–H groups in total. The first-order chi connectivity index (χ1) is 10.5. The molecule has 1 amide bonds. The van der Waals surface area contributed by atoms with Gasteiger partial charge in [-0.05, 0) is 26.3 Å². The van der Waals surface area contributed by atoms with Gasteiger partial charge in [-0.25, -0.2) is 0 Å². The second kappa shape index (κ2) is 6.93. The molecule has 1 saturated heterocycles. The highest BCUT2D eigenvalue weighted by Gasteiger charge is 2.35. The van der Waals surface area contributed by atoms with E-state index in [0.717, 1.165) is 31.7 Å². The zero-order valence-electron chi connectivity index (χ0n) is 13.7. The number of hydrogen-bond donors (Lipinski definition) is 0. The van der Waals surface area contributed by atoms with E-state index >= 15 is 0 Å². The molecule has 1 aromatic rings. The van der Waals surface area contributed by atoms with Crippen molar-refractivity contribution in [3.63, 3.8) is 0 Å². The minimum Gasteiger partial charge on any atom is -0.339 e. The van der Waals surface area contributed by atoms with E-state index in [0.29, 0.717) is 6.42 Å². The lowest BCUT2D eigenvalue weighted by Gasteiger charge is -2.40.